The summed E-state index contributed by atoms with van der Waals surface area (Å²) in [4.78, 5) is 29.5. The van der Waals surface area contributed by atoms with Gasteiger partial charge in [-0.1, -0.05) is 18.2 Å². The SMILES string of the molecule is C[C@@H]1CN(C(=O)c2cncn2-c2ccccc2)CC(C(=O)O)O1. The van der Waals surface area contributed by atoms with Crippen LogP contribution in [0.3, 0.4) is 0 Å². The second kappa shape index (κ2) is 6.21. The van der Waals surface area contributed by atoms with E-state index in [0.29, 0.717) is 12.2 Å². The van der Waals surface area contributed by atoms with E-state index >= 15 is 0 Å². The number of carbonyl (C=O) groups is 2. The molecule has 0 spiro atoms. The summed E-state index contributed by atoms with van der Waals surface area (Å²) in [5.41, 5.74) is 1.22. The summed E-state index contributed by atoms with van der Waals surface area (Å²) in [6.45, 7) is 2.13. The number of amides is 1. The van der Waals surface area contributed by atoms with Crippen molar-refractivity contribution in [2.45, 2.75) is 19.1 Å². The molecule has 0 aliphatic carbocycles. The molecule has 120 valence electrons. The third-order valence-corrected chi connectivity index (χ3v) is 3.71. The Morgan fingerprint density at radius 1 is 1.26 bits per heavy atom. The van der Waals surface area contributed by atoms with Gasteiger partial charge in [-0.2, -0.15) is 0 Å². The van der Waals surface area contributed by atoms with Gasteiger partial charge in [-0.15, -0.1) is 0 Å². The second-order valence-corrected chi connectivity index (χ2v) is 5.47. The molecule has 1 aromatic carbocycles. The van der Waals surface area contributed by atoms with Gasteiger partial charge >= 0.3 is 5.97 Å². The summed E-state index contributed by atoms with van der Waals surface area (Å²) in [6, 6.07) is 9.39. The number of imidazole rings is 1. The van der Waals surface area contributed by atoms with Gasteiger partial charge in [0.2, 0.25) is 0 Å². The van der Waals surface area contributed by atoms with Crippen LogP contribution >= 0.6 is 0 Å². The Bertz CT molecular complexity index is 713. The quantitative estimate of drug-likeness (QED) is 0.919. The molecule has 2 atom stereocenters. The number of benzene rings is 1. The molecule has 1 N–H and O–H groups in total. The zero-order valence-electron chi connectivity index (χ0n) is 12.6. The normalized spacial score (nSPS) is 21.2. The highest BCUT2D eigenvalue weighted by atomic mass is 16.5. The van der Waals surface area contributed by atoms with Crippen LogP contribution in [0.2, 0.25) is 0 Å². The van der Waals surface area contributed by atoms with Crippen molar-refractivity contribution in [3.8, 4) is 5.69 Å². The van der Waals surface area contributed by atoms with Gasteiger partial charge in [0.05, 0.1) is 25.2 Å². The minimum atomic E-state index is -1.06. The molecular weight excluding hydrogens is 298 g/mol. The molecule has 2 heterocycles. The number of carboxylic acid groups (broad SMARTS) is 1. The average molecular weight is 315 g/mol. The maximum atomic E-state index is 12.8. The number of carboxylic acids is 1. The fraction of sp³-hybridized carbons (Fsp3) is 0.312. The molecule has 0 bridgehead atoms. The standard InChI is InChI=1S/C16H17N3O4/c1-11-8-18(9-14(23-11)16(21)22)15(20)13-7-17-10-19(13)12-5-3-2-4-6-12/h2-7,10-11,14H,8-9H2,1H3,(H,21,22)/t11-,14?/m1/s1. The van der Waals surface area contributed by atoms with Crippen LogP contribution in [0.5, 0.6) is 0 Å². The summed E-state index contributed by atoms with van der Waals surface area (Å²) in [5.74, 6) is -1.32. The molecule has 7 nitrogen and oxygen atoms in total. The average Bonchev–Trinajstić information content (AvgIpc) is 3.04. The van der Waals surface area contributed by atoms with Crippen molar-refractivity contribution in [3.63, 3.8) is 0 Å². The molecular formula is C16H17N3O4. The van der Waals surface area contributed by atoms with E-state index in [4.69, 9.17) is 9.84 Å². The number of aliphatic carboxylic acids is 1. The molecule has 1 aromatic heterocycles. The van der Waals surface area contributed by atoms with Crippen molar-refractivity contribution in [2.24, 2.45) is 0 Å². The number of ether oxygens (including phenoxy) is 1. The molecule has 2 aromatic rings. The van der Waals surface area contributed by atoms with E-state index in [2.05, 4.69) is 4.98 Å². The summed E-state index contributed by atoms with van der Waals surface area (Å²) in [5, 5.41) is 9.14. The van der Waals surface area contributed by atoms with Crippen LogP contribution < -0.4 is 0 Å². The zero-order valence-corrected chi connectivity index (χ0v) is 12.6. The number of aromatic nitrogens is 2. The van der Waals surface area contributed by atoms with Gasteiger partial charge in [-0.05, 0) is 19.1 Å². The minimum Gasteiger partial charge on any atom is -0.479 e. The highest BCUT2D eigenvalue weighted by Crippen LogP contribution is 2.17. The number of morpholine rings is 1. The van der Waals surface area contributed by atoms with Crippen molar-refractivity contribution < 1.29 is 19.4 Å². The van der Waals surface area contributed by atoms with Gasteiger partial charge in [0, 0.05) is 12.2 Å². The summed E-state index contributed by atoms with van der Waals surface area (Å²) >= 11 is 0. The predicted molar refractivity (Wildman–Crippen MR) is 81.4 cm³/mol. The van der Waals surface area contributed by atoms with E-state index in [0.717, 1.165) is 5.69 Å². The molecule has 1 aliphatic heterocycles. The van der Waals surface area contributed by atoms with Gasteiger partial charge in [0.1, 0.15) is 5.69 Å². The lowest BCUT2D eigenvalue weighted by Crippen LogP contribution is -2.52. The highest BCUT2D eigenvalue weighted by Gasteiger charge is 2.34. The van der Waals surface area contributed by atoms with Crippen LogP contribution in [-0.4, -0.2) is 56.7 Å². The van der Waals surface area contributed by atoms with Crippen molar-refractivity contribution in [1.82, 2.24) is 14.5 Å². The van der Waals surface area contributed by atoms with E-state index in [9.17, 15) is 9.59 Å². The molecule has 1 fully saturated rings. The third-order valence-electron chi connectivity index (χ3n) is 3.71. The van der Waals surface area contributed by atoms with Gasteiger partial charge in [0.25, 0.3) is 5.91 Å². The Kier molecular flexibility index (Phi) is 4.12. The van der Waals surface area contributed by atoms with E-state index < -0.39 is 12.1 Å². The van der Waals surface area contributed by atoms with Gasteiger partial charge < -0.3 is 14.7 Å². The Morgan fingerprint density at radius 2 is 2.00 bits per heavy atom. The highest BCUT2D eigenvalue weighted by molar-refractivity contribution is 5.93. The van der Waals surface area contributed by atoms with Crippen LogP contribution in [-0.2, 0) is 9.53 Å². The molecule has 1 unspecified atom stereocenters. The van der Waals surface area contributed by atoms with Crippen LogP contribution in [0.1, 0.15) is 17.4 Å². The number of hydrogen-bond donors (Lipinski definition) is 1. The lowest BCUT2D eigenvalue weighted by Gasteiger charge is -2.34. The first-order chi connectivity index (χ1) is 11.1. The zero-order chi connectivity index (χ0) is 16.4. The smallest absolute Gasteiger partial charge is 0.334 e. The molecule has 7 heteroatoms. The van der Waals surface area contributed by atoms with E-state index in [1.807, 2.05) is 30.3 Å². The largest absolute Gasteiger partial charge is 0.479 e. The minimum absolute atomic E-state index is 0.0263. The Balaban J connectivity index is 1.87. The second-order valence-electron chi connectivity index (χ2n) is 5.47. The van der Waals surface area contributed by atoms with Crippen molar-refractivity contribution in [3.05, 3.63) is 48.5 Å². The number of carbonyl (C=O) groups excluding carboxylic acids is 1. The van der Waals surface area contributed by atoms with Crippen molar-refractivity contribution in [2.75, 3.05) is 13.1 Å². The number of nitrogens with zero attached hydrogens (tertiary/aromatic N) is 3. The third kappa shape index (κ3) is 3.09. The maximum Gasteiger partial charge on any atom is 0.334 e. The fourth-order valence-electron chi connectivity index (χ4n) is 2.66. The first-order valence-electron chi connectivity index (χ1n) is 7.31. The van der Waals surface area contributed by atoms with E-state index in [1.54, 1.807) is 17.8 Å². The molecule has 0 radical (unpaired) electrons. The Hall–Kier alpha value is -2.67. The van der Waals surface area contributed by atoms with Crippen LogP contribution in [0.4, 0.5) is 0 Å². The van der Waals surface area contributed by atoms with Crippen LogP contribution in [0.15, 0.2) is 42.9 Å². The molecule has 3 rings (SSSR count). The van der Waals surface area contributed by atoms with Crippen LogP contribution in [0, 0.1) is 0 Å². The maximum absolute atomic E-state index is 12.8. The predicted octanol–water partition coefficient (Wildman–Crippen LogP) is 1.19. The fourth-order valence-corrected chi connectivity index (χ4v) is 2.66. The summed E-state index contributed by atoms with van der Waals surface area (Å²) < 4.78 is 7.04. The first kappa shape index (κ1) is 15.2. The monoisotopic (exact) mass is 315 g/mol. The number of rotatable bonds is 3. The van der Waals surface area contributed by atoms with Crippen molar-refractivity contribution in [1.29, 1.82) is 0 Å². The van der Waals surface area contributed by atoms with Gasteiger partial charge in [-0.25, -0.2) is 9.78 Å². The first-order valence-corrected chi connectivity index (χ1v) is 7.31. The topological polar surface area (TPSA) is 84.7 Å². The molecule has 0 saturated carbocycles. The molecule has 1 saturated heterocycles. The lowest BCUT2D eigenvalue weighted by molar-refractivity contribution is -0.160. The lowest BCUT2D eigenvalue weighted by atomic mass is 10.2. The molecule has 1 amide bonds. The summed E-state index contributed by atoms with van der Waals surface area (Å²) in [7, 11) is 0. The van der Waals surface area contributed by atoms with Crippen molar-refractivity contribution >= 4 is 11.9 Å². The van der Waals surface area contributed by atoms with Crippen LogP contribution in [0.25, 0.3) is 5.69 Å². The number of para-hydroxylation sites is 1. The molecule has 23 heavy (non-hydrogen) atoms. The Morgan fingerprint density at radius 3 is 2.70 bits per heavy atom. The molecule has 1 aliphatic rings. The van der Waals surface area contributed by atoms with E-state index in [-0.39, 0.29) is 18.6 Å². The van der Waals surface area contributed by atoms with Gasteiger partial charge in [-0.3, -0.25) is 9.36 Å². The van der Waals surface area contributed by atoms with Gasteiger partial charge in [0.15, 0.2) is 6.10 Å². The summed E-state index contributed by atoms with van der Waals surface area (Å²) in [6.07, 6.45) is 1.73. The Labute approximate surface area is 133 Å². The number of hydrogen-bond acceptors (Lipinski definition) is 4. The van der Waals surface area contributed by atoms with E-state index in [1.165, 1.54) is 11.1 Å².